The van der Waals surface area contributed by atoms with E-state index in [1.807, 2.05) is 66.7 Å². The number of esters is 1. The molecule has 6 rings (SSSR count). The van der Waals surface area contributed by atoms with Crippen LogP contribution in [-0.2, 0) is 35.7 Å². The summed E-state index contributed by atoms with van der Waals surface area (Å²) in [7, 11) is 0. The lowest BCUT2D eigenvalue weighted by Gasteiger charge is -2.15. The first-order valence-corrected chi connectivity index (χ1v) is 16.1. The molecule has 0 fully saturated rings. The molecule has 5 aromatic carbocycles. The quantitative estimate of drug-likeness (QED) is 0.113. The highest BCUT2D eigenvalue weighted by Crippen LogP contribution is 2.38. The Morgan fingerprint density at radius 1 is 0.617 bits per heavy atom. The molecule has 6 heteroatoms. The van der Waals surface area contributed by atoms with E-state index in [1.54, 1.807) is 6.92 Å². The summed E-state index contributed by atoms with van der Waals surface area (Å²) in [5.41, 5.74) is 7.97. The molecule has 6 aromatic rings. The summed E-state index contributed by atoms with van der Waals surface area (Å²) in [4.78, 5) is 11.8. The third-order valence-corrected chi connectivity index (χ3v) is 8.02. The highest BCUT2D eigenvalue weighted by Gasteiger charge is 2.19. The maximum atomic E-state index is 11.8. The van der Waals surface area contributed by atoms with Gasteiger partial charge in [-0.15, -0.1) is 0 Å². The van der Waals surface area contributed by atoms with Crippen molar-refractivity contribution in [3.63, 3.8) is 0 Å². The summed E-state index contributed by atoms with van der Waals surface area (Å²) in [6.07, 6.45) is 0.844. The highest BCUT2D eigenvalue weighted by atomic mass is 16.6. The van der Waals surface area contributed by atoms with Gasteiger partial charge < -0.3 is 23.5 Å². The van der Waals surface area contributed by atoms with Crippen molar-refractivity contribution in [1.82, 2.24) is 4.57 Å². The zero-order valence-corrected chi connectivity index (χ0v) is 26.9. The van der Waals surface area contributed by atoms with Crippen molar-refractivity contribution in [2.24, 2.45) is 0 Å². The van der Waals surface area contributed by atoms with Crippen LogP contribution in [0.3, 0.4) is 0 Å². The molecule has 0 aliphatic heterocycles. The fourth-order valence-corrected chi connectivity index (χ4v) is 5.78. The van der Waals surface area contributed by atoms with Crippen molar-refractivity contribution in [2.75, 3.05) is 13.2 Å². The molecule has 0 radical (unpaired) electrons. The number of nitrogens with zero attached hydrogens (tertiary/aromatic N) is 1. The Bertz CT molecular complexity index is 1910. The average Bonchev–Trinajstić information content (AvgIpc) is 3.43. The molecule has 1 heterocycles. The van der Waals surface area contributed by atoms with Gasteiger partial charge in [-0.3, -0.25) is 0 Å². The molecule has 0 spiro atoms. The number of carbonyl (C=O) groups excluding carboxylic acids is 1. The first-order chi connectivity index (χ1) is 23.1. The van der Waals surface area contributed by atoms with Crippen LogP contribution in [0.2, 0.25) is 0 Å². The number of rotatable bonds is 14. The maximum absolute atomic E-state index is 11.8. The number of benzene rings is 5. The first kappa shape index (κ1) is 31.5. The molecule has 0 amide bonds. The molecular formula is C41H39NO5. The largest absolute Gasteiger partial charge is 0.489 e. The summed E-state index contributed by atoms with van der Waals surface area (Å²) in [5.74, 6) is 1.90. The summed E-state index contributed by atoms with van der Waals surface area (Å²) in [6, 6.07) is 43.0. The highest BCUT2D eigenvalue weighted by molar-refractivity contribution is 5.93. The molecule has 0 saturated heterocycles. The van der Waals surface area contributed by atoms with Gasteiger partial charge in [-0.25, -0.2) is 4.79 Å². The van der Waals surface area contributed by atoms with Gasteiger partial charge >= 0.3 is 5.97 Å². The van der Waals surface area contributed by atoms with Gasteiger partial charge in [-0.2, -0.15) is 0 Å². The number of carbonyl (C=O) groups is 1. The van der Waals surface area contributed by atoms with Crippen LogP contribution in [0.25, 0.3) is 22.2 Å². The van der Waals surface area contributed by atoms with Gasteiger partial charge in [-0.1, -0.05) is 91.9 Å². The van der Waals surface area contributed by atoms with Crippen LogP contribution in [0.15, 0.2) is 127 Å². The van der Waals surface area contributed by atoms with Crippen molar-refractivity contribution < 1.29 is 23.7 Å². The van der Waals surface area contributed by atoms with Gasteiger partial charge in [0.15, 0.2) is 6.61 Å². The van der Waals surface area contributed by atoms with E-state index in [4.69, 9.17) is 18.9 Å². The van der Waals surface area contributed by atoms with E-state index in [1.165, 1.54) is 5.56 Å². The lowest BCUT2D eigenvalue weighted by atomic mass is 10.0. The van der Waals surface area contributed by atoms with Gasteiger partial charge in [0, 0.05) is 23.0 Å². The van der Waals surface area contributed by atoms with Crippen LogP contribution in [-0.4, -0.2) is 23.8 Å². The fraction of sp³-hybridized carbons (Fsp3) is 0.195. The van der Waals surface area contributed by atoms with E-state index in [0.717, 1.165) is 56.8 Å². The molecule has 0 unspecified atom stereocenters. The Morgan fingerprint density at radius 2 is 1.26 bits per heavy atom. The standard InChI is InChI=1S/C41H39NO5/c1-3-37-38-25-36(46-28-32-14-9-6-10-15-32)22-23-39(38)42(26-30-18-20-34(21-19-30)47-29-40(43)44-4-2)41(37)33-16-11-17-35(24-33)45-27-31-12-7-5-8-13-31/h5-25H,3-4,26-29H2,1-2H3. The van der Waals surface area contributed by atoms with Gasteiger partial charge in [0.25, 0.3) is 0 Å². The van der Waals surface area contributed by atoms with Crippen LogP contribution >= 0.6 is 0 Å². The van der Waals surface area contributed by atoms with Gasteiger partial charge in [0.05, 0.1) is 12.3 Å². The number of aryl methyl sites for hydroxylation is 1. The Labute approximate surface area is 276 Å². The van der Waals surface area contributed by atoms with Crippen LogP contribution in [0.5, 0.6) is 17.2 Å². The van der Waals surface area contributed by atoms with Crippen molar-refractivity contribution in [3.05, 3.63) is 150 Å². The number of aromatic nitrogens is 1. The van der Waals surface area contributed by atoms with E-state index in [2.05, 4.69) is 72.2 Å². The Hall–Kier alpha value is -5.49. The Balaban J connectivity index is 1.34. The Morgan fingerprint density at radius 3 is 1.89 bits per heavy atom. The van der Waals surface area contributed by atoms with Crippen LogP contribution in [0, 0.1) is 0 Å². The monoisotopic (exact) mass is 625 g/mol. The third kappa shape index (κ3) is 7.85. The molecule has 0 N–H and O–H groups in total. The number of ether oxygens (including phenoxy) is 4. The van der Waals surface area contributed by atoms with Crippen molar-refractivity contribution in [3.8, 4) is 28.5 Å². The topological polar surface area (TPSA) is 58.9 Å². The van der Waals surface area contributed by atoms with Crippen LogP contribution in [0.1, 0.15) is 36.1 Å². The fourth-order valence-electron chi connectivity index (χ4n) is 5.78. The maximum Gasteiger partial charge on any atom is 0.344 e. The minimum Gasteiger partial charge on any atom is -0.489 e. The lowest BCUT2D eigenvalue weighted by molar-refractivity contribution is -0.145. The van der Waals surface area contributed by atoms with Crippen LogP contribution in [0.4, 0.5) is 0 Å². The molecule has 238 valence electrons. The molecule has 0 aliphatic rings. The third-order valence-electron chi connectivity index (χ3n) is 8.02. The lowest BCUT2D eigenvalue weighted by Crippen LogP contribution is -2.14. The zero-order chi connectivity index (χ0) is 32.4. The first-order valence-electron chi connectivity index (χ1n) is 16.1. The number of hydrogen-bond acceptors (Lipinski definition) is 5. The van der Waals surface area contributed by atoms with E-state index in [9.17, 15) is 4.79 Å². The summed E-state index contributed by atoms with van der Waals surface area (Å²) < 4.78 is 25.5. The normalized spacial score (nSPS) is 10.9. The van der Waals surface area contributed by atoms with Gasteiger partial charge in [0.2, 0.25) is 0 Å². The smallest absolute Gasteiger partial charge is 0.344 e. The minimum atomic E-state index is -0.380. The number of fused-ring (bicyclic) bond motifs is 1. The molecular weight excluding hydrogens is 586 g/mol. The average molecular weight is 626 g/mol. The second-order valence-electron chi connectivity index (χ2n) is 11.3. The molecule has 0 bridgehead atoms. The number of hydrogen-bond donors (Lipinski definition) is 0. The van der Waals surface area contributed by atoms with E-state index in [-0.39, 0.29) is 12.6 Å². The second kappa shape index (κ2) is 15.2. The van der Waals surface area contributed by atoms with Crippen molar-refractivity contribution in [2.45, 2.75) is 40.0 Å². The van der Waals surface area contributed by atoms with Crippen molar-refractivity contribution >= 4 is 16.9 Å². The molecule has 0 saturated carbocycles. The van der Waals surface area contributed by atoms with Crippen molar-refractivity contribution in [1.29, 1.82) is 0 Å². The van der Waals surface area contributed by atoms with Crippen LogP contribution < -0.4 is 14.2 Å². The van der Waals surface area contributed by atoms with E-state index in [0.29, 0.717) is 32.1 Å². The van der Waals surface area contributed by atoms with Gasteiger partial charge in [0.1, 0.15) is 30.5 Å². The van der Waals surface area contributed by atoms with Gasteiger partial charge in [-0.05, 0) is 78.1 Å². The molecule has 6 nitrogen and oxygen atoms in total. The molecule has 0 aliphatic carbocycles. The predicted octanol–water partition coefficient (Wildman–Crippen LogP) is 9.02. The summed E-state index contributed by atoms with van der Waals surface area (Å²) in [6.45, 7) is 5.85. The summed E-state index contributed by atoms with van der Waals surface area (Å²) in [5, 5.41) is 1.16. The Kier molecular flexibility index (Phi) is 10.2. The van der Waals surface area contributed by atoms with E-state index >= 15 is 0 Å². The predicted molar refractivity (Wildman–Crippen MR) is 186 cm³/mol. The molecule has 47 heavy (non-hydrogen) atoms. The SMILES string of the molecule is CCOC(=O)COc1ccc(Cn2c(-c3cccc(OCc4ccccc4)c3)c(CC)c3cc(OCc4ccccc4)ccc32)cc1. The zero-order valence-electron chi connectivity index (χ0n) is 26.9. The molecule has 0 atom stereocenters. The minimum absolute atomic E-state index is 0.114. The molecule has 1 aromatic heterocycles. The second-order valence-corrected chi connectivity index (χ2v) is 11.3. The van der Waals surface area contributed by atoms with E-state index < -0.39 is 0 Å². The summed E-state index contributed by atoms with van der Waals surface area (Å²) >= 11 is 0.